The fourth-order valence-electron chi connectivity index (χ4n) is 1.08. The fraction of sp³-hybridized carbons (Fsp3) is 1.00. The van der Waals surface area contributed by atoms with E-state index in [1.165, 1.54) is 0 Å². The Hall–Kier alpha value is -0.180. The zero-order valence-electron chi connectivity index (χ0n) is 11.1. The Morgan fingerprint density at radius 3 is 1.87 bits per heavy atom. The lowest BCUT2D eigenvalue weighted by Crippen LogP contribution is -2.27. The van der Waals surface area contributed by atoms with Crippen LogP contribution in [0.5, 0.6) is 0 Å². The van der Waals surface area contributed by atoms with Crippen molar-refractivity contribution in [1.29, 1.82) is 0 Å². The molecule has 0 saturated carbocycles. The Labute approximate surface area is 93.9 Å². The van der Waals surface area contributed by atoms with Crippen LogP contribution in [-0.2, 0) is 0 Å². The molecule has 0 aromatic rings. The van der Waals surface area contributed by atoms with Gasteiger partial charge in [0.1, 0.15) is 0 Å². The van der Waals surface area contributed by atoms with Crippen molar-refractivity contribution in [2.75, 3.05) is 20.1 Å². The van der Waals surface area contributed by atoms with Crippen molar-refractivity contribution in [3.05, 3.63) is 0 Å². The normalized spacial score (nSPS) is 13.0. The Morgan fingerprint density at radius 2 is 1.53 bits per heavy atom. The van der Waals surface area contributed by atoms with E-state index in [-0.39, 0.29) is 6.54 Å². The molecule has 94 valence electrons. The van der Waals surface area contributed by atoms with Gasteiger partial charge in [-0.05, 0) is 31.8 Å². The minimum Gasteiger partial charge on any atom is -0.301 e. The summed E-state index contributed by atoms with van der Waals surface area (Å²) in [7, 11) is 1.75. The van der Waals surface area contributed by atoms with Gasteiger partial charge in [0.2, 0.25) is 0 Å². The van der Waals surface area contributed by atoms with Crippen LogP contribution < -0.4 is 0 Å². The first-order chi connectivity index (χ1) is 6.93. The summed E-state index contributed by atoms with van der Waals surface area (Å²) in [5.74, 6) is 1.25. The molecule has 0 aromatic carbocycles. The topological polar surface area (TPSA) is 3.24 Å². The van der Waals surface area contributed by atoms with Crippen molar-refractivity contribution >= 4 is 0 Å². The van der Waals surface area contributed by atoms with E-state index in [4.69, 9.17) is 0 Å². The minimum atomic E-state index is -2.21. The highest BCUT2D eigenvalue weighted by atomic mass is 19.3. The van der Waals surface area contributed by atoms with Gasteiger partial charge < -0.3 is 4.90 Å². The van der Waals surface area contributed by atoms with Gasteiger partial charge in [0, 0.05) is 0 Å². The maximum absolute atomic E-state index is 11.9. The predicted octanol–water partition coefficient (Wildman–Crippen LogP) is 3.89. The van der Waals surface area contributed by atoms with Gasteiger partial charge in [-0.2, -0.15) is 0 Å². The summed E-state index contributed by atoms with van der Waals surface area (Å²) in [6.07, 6.45) is -1.21. The van der Waals surface area contributed by atoms with Gasteiger partial charge in [-0.3, -0.25) is 0 Å². The standard InChI is InChI=1S/C10H21F2N.C2H6/c1-8(2)9(3)5-6-13(4)7-10(11)12;1-2/h8-10H,5-7H2,1-4H3;1-2H3. The third kappa shape index (κ3) is 11.7. The molecular formula is C12H27F2N. The molecular weight excluding hydrogens is 196 g/mol. The van der Waals surface area contributed by atoms with E-state index < -0.39 is 6.43 Å². The number of halogens is 2. The van der Waals surface area contributed by atoms with Crippen LogP contribution in [0.4, 0.5) is 8.78 Å². The number of rotatable bonds is 6. The van der Waals surface area contributed by atoms with Crippen LogP contribution in [0.1, 0.15) is 41.0 Å². The molecule has 1 nitrogen and oxygen atoms in total. The Morgan fingerprint density at radius 1 is 1.07 bits per heavy atom. The third-order valence-electron chi connectivity index (χ3n) is 2.55. The molecule has 0 aliphatic rings. The van der Waals surface area contributed by atoms with Crippen molar-refractivity contribution < 1.29 is 8.78 Å². The van der Waals surface area contributed by atoms with Gasteiger partial charge in [-0.25, -0.2) is 8.78 Å². The zero-order valence-corrected chi connectivity index (χ0v) is 11.1. The highest BCUT2D eigenvalue weighted by Crippen LogP contribution is 2.14. The summed E-state index contributed by atoms with van der Waals surface area (Å²) in [5, 5.41) is 0. The van der Waals surface area contributed by atoms with Crippen LogP contribution in [0, 0.1) is 11.8 Å². The van der Waals surface area contributed by atoms with Crippen LogP contribution in [0.25, 0.3) is 0 Å². The average molecular weight is 223 g/mol. The van der Waals surface area contributed by atoms with Gasteiger partial charge in [-0.1, -0.05) is 34.6 Å². The molecule has 0 saturated heterocycles. The van der Waals surface area contributed by atoms with Gasteiger partial charge in [0.15, 0.2) is 0 Å². The quantitative estimate of drug-likeness (QED) is 0.660. The van der Waals surface area contributed by atoms with Crippen molar-refractivity contribution in [1.82, 2.24) is 4.90 Å². The van der Waals surface area contributed by atoms with Crippen molar-refractivity contribution in [2.24, 2.45) is 11.8 Å². The summed E-state index contributed by atoms with van der Waals surface area (Å²) in [6, 6.07) is 0. The Bertz CT molecular complexity index is 127. The fourth-order valence-corrected chi connectivity index (χ4v) is 1.08. The summed E-state index contributed by atoms with van der Waals surface area (Å²) < 4.78 is 23.9. The smallest absolute Gasteiger partial charge is 0.251 e. The van der Waals surface area contributed by atoms with Crippen LogP contribution in [0.2, 0.25) is 0 Å². The minimum absolute atomic E-state index is 0.106. The molecule has 0 spiro atoms. The first kappa shape index (κ1) is 17.2. The predicted molar refractivity (Wildman–Crippen MR) is 63.5 cm³/mol. The maximum Gasteiger partial charge on any atom is 0.251 e. The van der Waals surface area contributed by atoms with E-state index in [1.807, 2.05) is 13.8 Å². The molecule has 0 aliphatic heterocycles. The second kappa shape index (κ2) is 10.3. The van der Waals surface area contributed by atoms with E-state index in [2.05, 4.69) is 20.8 Å². The number of hydrogen-bond donors (Lipinski definition) is 0. The zero-order chi connectivity index (χ0) is 12.4. The van der Waals surface area contributed by atoms with Crippen molar-refractivity contribution in [3.8, 4) is 0 Å². The lowest BCUT2D eigenvalue weighted by Gasteiger charge is -2.20. The molecule has 0 aromatic heterocycles. The van der Waals surface area contributed by atoms with Gasteiger partial charge in [0.25, 0.3) is 6.43 Å². The molecule has 0 heterocycles. The Kier molecular flexibility index (Phi) is 11.9. The monoisotopic (exact) mass is 223 g/mol. The molecule has 0 rings (SSSR count). The largest absolute Gasteiger partial charge is 0.301 e. The molecule has 0 bridgehead atoms. The van der Waals surface area contributed by atoms with Crippen LogP contribution in [0.15, 0.2) is 0 Å². The number of hydrogen-bond acceptors (Lipinski definition) is 1. The van der Waals surface area contributed by atoms with Crippen LogP contribution in [-0.4, -0.2) is 31.5 Å². The van der Waals surface area contributed by atoms with E-state index in [0.29, 0.717) is 11.8 Å². The summed E-state index contributed by atoms with van der Waals surface area (Å²) >= 11 is 0. The summed E-state index contributed by atoms with van der Waals surface area (Å²) in [6.45, 7) is 11.2. The summed E-state index contributed by atoms with van der Waals surface area (Å²) in [5.41, 5.74) is 0. The SMILES string of the molecule is CC.CC(C)C(C)CCN(C)CC(F)F. The van der Waals surface area contributed by atoms with Gasteiger partial charge in [0.05, 0.1) is 6.54 Å². The van der Waals surface area contributed by atoms with E-state index in [1.54, 1.807) is 11.9 Å². The average Bonchev–Trinajstić information content (AvgIpc) is 2.16. The third-order valence-corrected chi connectivity index (χ3v) is 2.55. The maximum atomic E-state index is 11.9. The first-order valence-electron chi connectivity index (χ1n) is 5.90. The highest BCUT2D eigenvalue weighted by molar-refractivity contribution is 4.61. The molecule has 0 radical (unpaired) electrons. The lowest BCUT2D eigenvalue weighted by atomic mass is 9.95. The molecule has 0 fully saturated rings. The Balaban J connectivity index is 0. The second-order valence-electron chi connectivity index (χ2n) is 4.16. The molecule has 0 aliphatic carbocycles. The number of nitrogens with zero attached hydrogens (tertiary/aromatic N) is 1. The molecule has 0 amide bonds. The van der Waals surface area contributed by atoms with E-state index in [0.717, 1.165) is 13.0 Å². The number of alkyl halides is 2. The van der Waals surface area contributed by atoms with Gasteiger partial charge in [-0.15, -0.1) is 0 Å². The molecule has 3 heteroatoms. The molecule has 1 unspecified atom stereocenters. The van der Waals surface area contributed by atoms with Gasteiger partial charge >= 0.3 is 0 Å². The van der Waals surface area contributed by atoms with Crippen LogP contribution in [0.3, 0.4) is 0 Å². The summed E-state index contributed by atoms with van der Waals surface area (Å²) in [4.78, 5) is 1.70. The molecule has 15 heavy (non-hydrogen) atoms. The highest BCUT2D eigenvalue weighted by Gasteiger charge is 2.11. The first-order valence-corrected chi connectivity index (χ1v) is 5.90. The van der Waals surface area contributed by atoms with Crippen molar-refractivity contribution in [3.63, 3.8) is 0 Å². The lowest BCUT2D eigenvalue weighted by molar-refractivity contribution is 0.0969. The van der Waals surface area contributed by atoms with E-state index in [9.17, 15) is 8.78 Å². The van der Waals surface area contributed by atoms with E-state index >= 15 is 0 Å². The molecule has 0 N–H and O–H groups in total. The van der Waals surface area contributed by atoms with Crippen molar-refractivity contribution in [2.45, 2.75) is 47.5 Å². The van der Waals surface area contributed by atoms with Crippen LogP contribution >= 0.6 is 0 Å². The molecule has 1 atom stereocenters. The second-order valence-corrected chi connectivity index (χ2v) is 4.16.